The number of carbonyl (C=O) groups excluding carboxylic acids is 1. The Bertz CT molecular complexity index is 1210. The average Bonchev–Trinajstić information content (AvgIpc) is 3.09. The lowest BCUT2D eigenvalue weighted by Crippen LogP contribution is -2.20. The molecule has 0 saturated carbocycles. The Labute approximate surface area is 174 Å². The molecule has 6 nitrogen and oxygen atoms in total. The maximum absolute atomic E-state index is 13.9. The lowest BCUT2D eigenvalue weighted by molar-refractivity contribution is 0.262. The van der Waals surface area contributed by atoms with Gasteiger partial charge < -0.3 is 20.9 Å². The summed E-state index contributed by atoms with van der Waals surface area (Å²) >= 11 is 3.26. The van der Waals surface area contributed by atoms with E-state index in [2.05, 4.69) is 31.5 Å². The van der Waals surface area contributed by atoms with Crippen LogP contribution in [0, 0.1) is 5.82 Å². The minimum Gasteiger partial charge on any atom is -0.399 e. The summed E-state index contributed by atoms with van der Waals surface area (Å²) in [5.41, 5.74) is 9.71. The number of nitrogens with one attached hydrogen (secondary N) is 2. The lowest BCUT2D eigenvalue weighted by atomic mass is 10.2. The van der Waals surface area contributed by atoms with Crippen molar-refractivity contribution in [3.05, 3.63) is 82.8 Å². The maximum Gasteiger partial charge on any atom is 0.323 e. The molecule has 29 heavy (non-hydrogen) atoms. The van der Waals surface area contributed by atoms with E-state index in [1.165, 1.54) is 12.1 Å². The minimum atomic E-state index is -0.556. The molecule has 4 N–H and O–H groups in total. The molecule has 0 spiro atoms. The first-order valence-electron chi connectivity index (χ1n) is 8.81. The van der Waals surface area contributed by atoms with E-state index >= 15 is 0 Å². The fraction of sp³-hybridized carbons (Fsp3) is 0.0476. The third-order valence-electron chi connectivity index (χ3n) is 4.38. The Hall–Kier alpha value is -3.39. The third kappa shape index (κ3) is 4.22. The number of imidazole rings is 1. The number of hydrogen-bond acceptors (Lipinski definition) is 3. The van der Waals surface area contributed by atoms with Crippen molar-refractivity contribution >= 4 is 50.1 Å². The van der Waals surface area contributed by atoms with E-state index in [1.807, 2.05) is 41.0 Å². The number of fused-ring (bicyclic) bond motifs is 1. The van der Waals surface area contributed by atoms with E-state index in [4.69, 9.17) is 5.73 Å². The molecule has 0 bridgehead atoms. The normalized spacial score (nSPS) is 10.8. The predicted octanol–water partition coefficient (Wildman–Crippen LogP) is 5.21. The van der Waals surface area contributed by atoms with Gasteiger partial charge in [-0.15, -0.1) is 0 Å². The second-order valence-corrected chi connectivity index (χ2v) is 7.41. The number of nitrogens with zero attached hydrogens (tertiary/aromatic N) is 2. The van der Waals surface area contributed by atoms with Crippen LogP contribution in [0.4, 0.5) is 26.2 Å². The van der Waals surface area contributed by atoms with Crippen LogP contribution in [0.25, 0.3) is 11.0 Å². The molecule has 1 heterocycles. The SMILES string of the molecule is Nc1cccc(Cn2cnc3c(NC(=O)Nc4cc(Br)ccc4F)cccc32)c1. The summed E-state index contributed by atoms with van der Waals surface area (Å²) < 4.78 is 16.5. The van der Waals surface area contributed by atoms with Crippen molar-refractivity contribution < 1.29 is 9.18 Å². The van der Waals surface area contributed by atoms with Crippen LogP contribution in [0.2, 0.25) is 0 Å². The van der Waals surface area contributed by atoms with Crippen molar-refractivity contribution in [2.45, 2.75) is 6.54 Å². The quantitative estimate of drug-likeness (QED) is 0.370. The summed E-state index contributed by atoms with van der Waals surface area (Å²) in [7, 11) is 0. The molecule has 3 aromatic carbocycles. The summed E-state index contributed by atoms with van der Waals surface area (Å²) in [4.78, 5) is 16.8. The zero-order chi connectivity index (χ0) is 20.4. The van der Waals surface area contributed by atoms with Gasteiger partial charge in [-0.1, -0.05) is 34.1 Å². The van der Waals surface area contributed by atoms with Gasteiger partial charge in [-0.05, 0) is 48.0 Å². The van der Waals surface area contributed by atoms with Gasteiger partial charge in [-0.3, -0.25) is 0 Å². The second-order valence-electron chi connectivity index (χ2n) is 6.49. The van der Waals surface area contributed by atoms with Gasteiger partial charge in [-0.25, -0.2) is 14.2 Å². The van der Waals surface area contributed by atoms with E-state index in [0.29, 0.717) is 27.9 Å². The number of para-hydroxylation sites is 1. The van der Waals surface area contributed by atoms with E-state index < -0.39 is 11.8 Å². The smallest absolute Gasteiger partial charge is 0.323 e. The van der Waals surface area contributed by atoms with Crippen LogP contribution in [-0.2, 0) is 6.54 Å². The molecule has 1 aromatic heterocycles. The van der Waals surface area contributed by atoms with E-state index in [1.54, 1.807) is 18.5 Å². The highest BCUT2D eigenvalue weighted by molar-refractivity contribution is 9.10. The Morgan fingerprint density at radius 1 is 1.07 bits per heavy atom. The number of hydrogen-bond donors (Lipinski definition) is 3. The van der Waals surface area contributed by atoms with Gasteiger partial charge in [0.2, 0.25) is 0 Å². The highest BCUT2D eigenvalue weighted by Crippen LogP contribution is 2.24. The summed E-state index contributed by atoms with van der Waals surface area (Å²) in [6, 6.07) is 16.9. The first kappa shape index (κ1) is 18.9. The molecule has 8 heteroatoms. The predicted molar refractivity (Wildman–Crippen MR) is 116 cm³/mol. The van der Waals surface area contributed by atoms with Crippen molar-refractivity contribution in [3.8, 4) is 0 Å². The van der Waals surface area contributed by atoms with E-state index in [-0.39, 0.29) is 5.69 Å². The monoisotopic (exact) mass is 453 g/mol. The van der Waals surface area contributed by atoms with Crippen molar-refractivity contribution in [1.29, 1.82) is 0 Å². The fourth-order valence-corrected chi connectivity index (χ4v) is 3.43. The number of benzene rings is 3. The minimum absolute atomic E-state index is 0.0799. The summed E-state index contributed by atoms with van der Waals surface area (Å²) in [6.07, 6.45) is 1.71. The van der Waals surface area contributed by atoms with Gasteiger partial charge in [0.25, 0.3) is 0 Å². The second kappa shape index (κ2) is 7.92. The van der Waals surface area contributed by atoms with Crippen LogP contribution in [0.5, 0.6) is 0 Å². The number of rotatable bonds is 4. The number of carbonyl (C=O) groups is 1. The van der Waals surface area contributed by atoms with Crippen molar-refractivity contribution in [1.82, 2.24) is 9.55 Å². The molecule has 0 atom stereocenters. The number of amides is 2. The van der Waals surface area contributed by atoms with Gasteiger partial charge in [0, 0.05) is 16.7 Å². The van der Waals surface area contributed by atoms with Gasteiger partial charge in [-0.2, -0.15) is 0 Å². The molecule has 4 rings (SSSR count). The van der Waals surface area contributed by atoms with Crippen LogP contribution in [0.1, 0.15) is 5.56 Å². The molecule has 0 aliphatic carbocycles. The topological polar surface area (TPSA) is 85.0 Å². The van der Waals surface area contributed by atoms with Crippen LogP contribution in [0.15, 0.2) is 71.5 Å². The Kier molecular flexibility index (Phi) is 5.18. The lowest BCUT2D eigenvalue weighted by Gasteiger charge is -2.10. The van der Waals surface area contributed by atoms with E-state index in [9.17, 15) is 9.18 Å². The summed E-state index contributed by atoms with van der Waals surface area (Å²) in [5, 5.41) is 5.25. The molecule has 2 amide bonds. The zero-order valence-electron chi connectivity index (χ0n) is 15.2. The van der Waals surface area contributed by atoms with E-state index in [0.717, 1.165) is 11.1 Å². The highest BCUT2D eigenvalue weighted by Gasteiger charge is 2.12. The Balaban J connectivity index is 1.56. The van der Waals surface area contributed by atoms with Gasteiger partial charge in [0.05, 0.1) is 23.2 Å². The van der Waals surface area contributed by atoms with Gasteiger partial charge >= 0.3 is 6.03 Å². The molecule has 0 unspecified atom stereocenters. The largest absolute Gasteiger partial charge is 0.399 e. The number of nitrogen functional groups attached to an aromatic ring is 1. The first-order chi connectivity index (χ1) is 14.0. The van der Waals surface area contributed by atoms with Crippen molar-refractivity contribution in [3.63, 3.8) is 0 Å². The average molecular weight is 454 g/mol. The van der Waals surface area contributed by atoms with Crippen LogP contribution in [0.3, 0.4) is 0 Å². The van der Waals surface area contributed by atoms with Gasteiger partial charge in [0.15, 0.2) is 0 Å². The van der Waals surface area contributed by atoms with Gasteiger partial charge in [0.1, 0.15) is 11.3 Å². The molecular formula is C21H17BrFN5O. The Morgan fingerprint density at radius 3 is 2.69 bits per heavy atom. The van der Waals surface area contributed by atoms with Crippen LogP contribution >= 0.6 is 15.9 Å². The highest BCUT2D eigenvalue weighted by atomic mass is 79.9. The summed E-state index contributed by atoms with van der Waals surface area (Å²) in [6.45, 7) is 0.598. The summed E-state index contributed by atoms with van der Waals surface area (Å²) in [5.74, 6) is -0.520. The molecule has 0 radical (unpaired) electrons. The fourth-order valence-electron chi connectivity index (χ4n) is 3.07. The van der Waals surface area contributed by atoms with Crippen LogP contribution < -0.4 is 16.4 Å². The van der Waals surface area contributed by atoms with Crippen LogP contribution in [-0.4, -0.2) is 15.6 Å². The molecule has 146 valence electrons. The molecule has 0 fully saturated rings. The number of halogens is 2. The van der Waals surface area contributed by atoms with Crippen molar-refractivity contribution in [2.75, 3.05) is 16.4 Å². The number of urea groups is 1. The molecule has 0 aliphatic heterocycles. The number of aromatic nitrogens is 2. The molecule has 0 saturated heterocycles. The molecule has 0 aliphatic rings. The maximum atomic E-state index is 13.9. The third-order valence-corrected chi connectivity index (χ3v) is 4.87. The van der Waals surface area contributed by atoms with Crippen molar-refractivity contribution in [2.24, 2.45) is 0 Å². The Morgan fingerprint density at radius 2 is 1.86 bits per heavy atom. The molecular weight excluding hydrogens is 437 g/mol. The standard InChI is InChI=1S/C21H17BrFN5O/c22-14-7-8-16(23)18(10-14)27-21(29)26-17-5-2-6-19-20(17)25-12-28(19)11-13-3-1-4-15(24)9-13/h1-10,12H,11,24H2,(H2,26,27,29). The first-order valence-corrected chi connectivity index (χ1v) is 9.60. The zero-order valence-corrected chi connectivity index (χ0v) is 16.8. The number of anilines is 3. The number of nitrogens with two attached hydrogens (primary N) is 1. The molecule has 4 aromatic rings.